The summed E-state index contributed by atoms with van der Waals surface area (Å²) in [5.41, 5.74) is 2.46. The average Bonchev–Trinajstić information content (AvgIpc) is 3.52. The lowest BCUT2D eigenvalue weighted by atomic mass is 9.92. The van der Waals surface area contributed by atoms with Gasteiger partial charge in [-0.3, -0.25) is 4.79 Å². The van der Waals surface area contributed by atoms with E-state index in [1.54, 1.807) is 24.7 Å². The summed E-state index contributed by atoms with van der Waals surface area (Å²) in [5.74, 6) is -0.264. The highest BCUT2D eigenvalue weighted by atomic mass is 19.1. The first-order chi connectivity index (χ1) is 17.0. The van der Waals surface area contributed by atoms with Gasteiger partial charge in [-0.25, -0.2) is 9.37 Å². The normalized spacial score (nSPS) is 19.4. The molecule has 1 fully saturated rings. The van der Waals surface area contributed by atoms with Crippen LogP contribution in [0.2, 0.25) is 0 Å². The zero-order chi connectivity index (χ0) is 24.4. The Kier molecular flexibility index (Phi) is 5.93. The molecule has 2 atom stereocenters. The molecule has 5 rings (SSSR count). The van der Waals surface area contributed by atoms with E-state index in [0.29, 0.717) is 30.4 Å². The molecule has 1 aliphatic rings. The number of ether oxygens (including phenoxy) is 2. The van der Waals surface area contributed by atoms with Gasteiger partial charge in [0, 0.05) is 23.4 Å². The number of carbonyl (C=O) groups is 1. The van der Waals surface area contributed by atoms with Crippen LogP contribution in [0.15, 0.2) is 65.5 Å². The largest absolute Gasteiger partial charge is 0.489 e. The molecule has 2 unspecified atom stereocenters. The minimum absolute atomic E-state index is 0.133. The van der Waals surface area contributed by atoms with Crippen molar-refractivity contribution < 1.29 is 28.2 Å². The van der Waals surface area contributed by atoms with Crippen LogP contribution in [0.1, 0.15) is 36.1 Å². The van der Waals surface area contributed by atoms with Gasteiger partial charge in [0.25, 0.3) is 6.47 Å². The lowest BCUT2D eigenvalue weighted by Crippen LogP contribution is -2.23. The number of furan rings is 1. The Morgan fingerprint density at radius 3 is 2.91 bits per heavy atom. The topological polar surface area (TPSA) is 106 Å². The monoisotopic (exact) mass is 472 g/mol. The molecule has 0 spiro atoms. The van der Waals surface area contributed by atoms with Gasteiger partial charge in [-0.15, -0.1) is 0 Å². The van der Waals surface area contributed by atoms with Gasteiger partial charge in [0.15, 0.2) is 0 Å². The summed E-state index contributed by atoms with van der Waals surface area (Å²) in [7, 11) is 0. The molecule has 1 saturated carbocycles. The van der Waals surface area contributed by atoms with E-state index in [2.05, 4.69) is 11.1 Å². The van der Waals surface area contributed by atoms with Crippen LogP contribution in [0.5, 0.6) is 5.75 Å². The molecular weight excluding hydrogens is 451 g/mol. The smallest absolute Gasteiger partial charge is 0.293 e. The first-order valence-corrected chi connectivity index (χ1v) is 11.1. The van der Waals surface area contributed by atoms with E-state index in [0.717, 1.165) is 22.1 Å². The number of hydrogen-bond acceptors (Lipinski definition) is 7. The van der Waals surface area contributed by atoms with E-state index in [-0.39, 0.29) is 24.5 Å². The number of fused-ring (bicyclic) bond motifs is 1. The molecule has 8 heteroatoms. The number of rotatable bonds is 7. The molecule has 1 aliphatic carbocycles. The van der Waals surface area contributed by atoms with Gasteiger partial charge in [-0.2, -0.15) is 5.26 Å². The Morgan fingerprint density at radius 1 is 1.26 bits per heavy atom. The van der Waals surface area contributed by atoms with Crippen LogP contribution in [0, 0.1) is 17.1 Å². The molecule has 4 aromatic rings. The predicted molar refractivity (Wildman–Crippen MR) is 124 cm³/mol. The van der Waals surface area contributed by atoms with Gasteiger partial charge in [0.1, 0.15) is 36.0 Å². The van der Waals surface area contributed by atoms with E-state index in [9.17, 15) is 19.6 Å². The molecule has 1 N–H and O–H groups in total. The molecule has 2 heterocycles. The molecule has 7 nitrogen and oxygen atoms in total. The summed E-state index contributed by atoms with van der Waals surface area (Å²) in [6.07, 6.45) is 3.83. The van der Waals surface area contributed by atoms with Gasteiger partial charge >= 0.3 is 0 Å². The standard InChI is InChI=1S/C27H21FN2O5/c28-20-8-19(27(32)5-3-22(12-27)35-16-31)9-23(10-20)34-14-17-1-2-24-25(18-4-6-33-15-18)11-21(13-29)30-26(24)7-17/h1-2,4,6-11,15-16,22,32H,3,5,12,14H2. The van der Waals surface area contributed by atoms with E-state index in [4.69, 9.17) is 13.9 Å². The summed E-state index contributed by atoms with van der Waals surface area (Å²) >= 11 is 0. The lowest BCUT2D eigenvalue weighted by molar-refractivity contribution is -0.134. The van der Waals surface area contributed by atoms with Crippen molar-refractivity contribution in [2.45, 2.75) is 37.6 Å². The van der Waals surface area contributed by atoms with Crippen molar-refractivity contribution in [3.63, 3.8) is 0 Å². The van der Waals surface area contributed by atoms with Crippen molar-refractivity contribution in [3.05, 3.63) is 83.7 Å². The van der Waals surface area contributed by atoms with E-state index in [1.165, 1.54) is 12.1 Å². The third kappa shape index (κ3) is 4.59. The second-order valence-electron chi connectivity index (χ2n) is 8.62. The zero-order valence-corrected chi connectivity index (χ0v) is 18.6. The van der Waals surface area contributed by atoms with Crippen molar-refractivity contribution >= 4 is 17.4 Å². The Bertz CT molecular complexity index is 1430. The number of carbonyl (C=O) groups excluding carboxylic acids is 1. The molecular formula is C27H21FN2O5. The van der Waals surface area contributed by atoms with Crippen molar-refractivity contribution in [1.82, 2.24) is 4.98 Å². The molecule has 0 bridgehead atoms. The number of hydrogen-bond donors (Lipinski definition) is 1. The summed E-state index contributed by atoms with van der Waals surface area (Å²) in [4.78, 5) is 15.0. The van der Waals surface area contributed by atoms with Crippen LogP contribution in [0.25, 0.3) is 22.0 Å². The van der Waals surface area contributed by atoms with Crippen molar-refractivity contribution in [2.75, 3.05) is 0 Å². The number of aliphatic hydroxyl groups is 1. The quantitative estimate of drug-likeness (QED) is 0.378. The van der Waals surface area contributed by atoms with Gasteiger partial charge in [0.2, 0.25) is 0 Å². The molecule has 2 aromatic carbocycles. The van der Waals surface area contributed by atoms with Gasteiger partial charge in [-0.05, 0) is 59.9 Å². The minimum Gasteiger partial charge on any atom is -0.489 e. The van der Waals surface area contributed by atoms with E-state index < -0.39 is 17.5 Å². The number of aromatic nitrogens is 1. The van der Waals surface area contributed by atoms with Crippen LogP contribution in [0.3, 0.4) is 0 Å². The maximum Gasteiger partial charge on any atom is 0.293 e. The van der Waals surface area contributed by atoms with Crippen LogP contribution in [-0.4, -0.2) is 22.7 Å². The molecule has 2 aromatic heterocycles. The number of pyridine rings is 1. The Balaban J connectivity index is 1.39. The zero-order valence-electron chi connectivity index (χ0n) is 18.6. The molecule has 0 saturated heterocycles. The fourth-order valence-corrected chi connectivity index (χ4v) is 4.60. The Morgan fingerprint density at radius 2 is 2.14 bits per heavy atom. The SMILES string of the molecule is N#Cc1cc(-c2ccoc2)c2ccc(COc3cc(F)cc(C4(O)CCC(OC=O)C4)c3)cc2n1. The van der Waals surface area contributed by atoms with Crippen molar-refractivity contribution in [3.8, 4) is 22.9 Å². The van der Waals surface area contributed by atoms with Crippen LogP contribution >= 0.6 is 0 Å². The van der Waals surface area contributed by atoms with Crippen molar-refractivity contribution in [2.24, 2.45) is 0 Å². The molecule has 0 aliphatic heterocycles. The highest BCUT2D eigenvalue weighted by Gasteiger charge is 2.40. The fraction of sp³-hybridized carbons (Fsp3) is 0.222. The number of benzene rings is 2. The Hall–Kier alpha value is -4.22. The van der Waals surface area contributed by atoms with Gasteiger partial charge < -0.3 is 19.0 Å². The second kappa shape index (κ2) is 9.20. The minimum atomic E-state index is -1.29. The fourth-order valence-electron chi connectivity index (χ4n) is 4.60. The van der Waals surface area contributed by atoms with E-state index >= 15 is 0 Å². The van der Waals surface area contributed by atoms with Gasteiger partial charge in [-0.1, -0.05) is 12.1 Å². The maximum atomic E-state index is 14.4. The van der Waals surface area contributed by atoms with Crippen LogP contribution < -0.4 is 4.74 Å². The van der Waals surface area contributed by atoms with Gasteiger partial charge in [0.05, 0.1) is 23.6 Å². The maximum absolute atomic E-state index is 14.4. The number of halogens is 1. The van der Waals surface area contributed by atoms with Crippen molar-refractivity contribution in [1.29, 1.82) is 5.26 Å². The first kappa shape index (κ1) is 22.6. The summed E-state index contributed by atoms with van der Waals surface area (Å²) in [5, 5.41) is 21.3. The lowest BCUT2D eigenvalue weighted by Gasteiger charge is -2.24. The molecule has 176 valence electrons. The first-order valence-electron chi connectivity index (χ1n) is 11.1. The van der Waals surface area contributed by atoms with Crippen LogP contribution in [0.4, 0.5) is 4.39 Å². The highest BCUT2D eigenvalue weighted by molar-refractivity contribution is 5.95. The third-order valence-electron chi connectivity index (χ3n) is 6.33. The summed E-state index contributed by atoms with van der Waals surface area (Å²) in [6.45, 7) is 0.500. The summed E-state index contributed by atoms with van der Waals surface area (Å²) in [6, 6.07) is 15.4. The second-order valence-corrected chi connectivity index (χ2v) is 8.62. The van der Waals surface area contributed by atoms with E-state index in [1.807, 2.05) is 24.3 Å². The third-order valence-corrected chi connectivity index (χ3v) is 6.33. The highest BCUT2D eigenvalue weighted by Crippen LogP contribution is 2.41. The predicted octanol–water partition coefficient (Wildman–Crippen LogP) is 5.00. The Labute approximate surface area is 200 Å². The molecule has 0 radical (unpaired) electrons. The number of nitrogens with zero attached hydrogens (tertiary/aromatic N) is 2. The molecule has 35 heavy (non-hydrogen) atoms. The molecule has 0 amide bonds. The summed E-state index contributed by atoms with van der Waals surface area (Å²) < 4.78 is 30.4. The number of nitriles is 1. The average molecular weight is 472 g/mol. The van der Waals surface area contributed by atoms with Crippen LogP contribution in [-0.2, 0) is 21.7 Å².